The SMILES string of the molecule is Cc1cc(-c2nnc(CNC(C)(C)C)s2)sc1C. The van der Waals surface area contributed by atoms with Crippen LogP contribution in [0.25, 0.3) is 9.88 Å². The van der Waals surface area contributed by atoms with Crippen molar-refractivity contribution < 1.29 is 0 Å². The average molecular weight is 281 g/mol. The molecule has 0 atom stereocenters. The molecule has 98 valence electrons. The predicted octanol–water partition coefficient (Wildman–Crippen LogP) is 3.77. The third-order valence-electron chi connectivity index (χ3n) is 2.61. The van der Waals surface area contributed by atoms with E-state index in [9.17, 15) is 0 Å². The highest BCUT2D eigenvalue weighted by molar-refractivity contribution is 7.21. The van der Waals surface area contributed by atoms with E-state index in [4.69, 9.17) is 0 Å². The molecule has 0 fully saturated rings. The number of nitrogens with one attached hydrogen (secondary N) is 1. The van der Waals surface area contributed by atoms with Crippen LogP contribution in [0.5, 0.6) is 0 Å². The number of aromatic nitrogens is 2. The molecule has 2 heterocycles. The van der Waals surface area contributed by atoms with Crippen molar-refractivity contribution in [2.75, 3.05) is 0 Å². The topological polar surface area (TPSA) is 37.8 Å². The molecule has 0 aliphatic rings. The summed E-state index contributed by atoms with van der Waals surface area (Å²) in [4.78, 5) is 2.58. The summed E-state index contributed by atoms with van der Waals surface area (Å²) >= 11 is 3.47. The Morgan fingerprint density at radius 1 is 1.17 bits per heavy atom. The summed E-state index contributed by atoms with van der Waals surface area (Å²) in [5.41, 5.74) is 1.45. The van der Waals surface area contributed by atoms with Crippen molar-refractivity contribution in [1.82, 2.24) is 15.5 Å². The van der Waals surface area contributed by atoms with Crippen LogP contribution in [0.2, 0.25) is 0 Å². The number of hydrogen-bond acceptors (Lipinski definition) is 5. The van der Waals surface area contributed by atoms with E-state index in [-0.39, 0.29) is 5.54 Å². The van der Waals surface area contributed by atoms with Crippen LogP contribution in [0.1, 0.15) is 36.2 Å². The summed E-state index contributed by atoms with van der Waals surface area (Å²) in [6, 6.07) is 2.20. The lowest BCUT2D eigenvalue weighted by Gasteiger charge is -2.19. The van der Waals surface area contributed by atoms with Gasteiger partial charge in [0.2, 0.25) is 0 Å². The van der Waals surface area contributed by atoms with E-state index in [2.05, 4.69) is 56.2 Å². The molecule has 0 aliphatic carbocycles. The maximum Gasteiger partial charge on any atom is 0.157 e. The van der Waals surface area contributed by atoms with Gasteiger partial charge in [0.25, 0.3) is 0 Å². The van der Waals surface area contributed by atoms with Gasteiger partial charge >= 0.3 is 0 Å². The van der Waals surface area contributed by atoms with Crippen LogP contribution in [0.3, 0.4) is 0 Å². The van der Waals surface area contributed by atoms with Crippen LogP contribution in [0.15, 0.2) is 6.07 Å². The fourth-order valence-corrected chi connectivity index (χ4v) is 3.30. The fourth-order valence-electron chi connectivity index (χ4n) is 1.44. The lowest BCUT2D eigenvalue weighted by Crippen LogP contribution is -2.35. The summed E-state index contributed by atoms with van der Waals surface area (Å²) in [7, 11) is 0. The quantitative estimate of drug-likeness (QED) is 0.930. The standard InChI is InChI=1S/C13H19N3S2/c1-8-6-10(17-9(8)2)12-16-15-11(18-12)7-14-13(3,4)5/h6,14H,7H2,1-5H3. The molecule has 18 heavy (non-hydrogen) atoms. The number of aryl methyl sites for hydroxylation is 2. The van der Waals surface area contributed by atoms with E-state index in [1.54, 1.807) is 22.7 Å². The van der Waals surface area contributed by atoms with Gasteiger partial charge in [-0.2, -0.15) is 0 Å². The summed E-state index contributed by atoms with van der Waals surface area (Å²) in [5.74, 6) is 0. The van der Waals surface area contributed by atoms with Gasteiger partial charge in [-0.1, -0.05) is 11.3 Å². The van der Waals surface area contributed by atoms with E-state index < -0.39 is 0 Å². The zero-order valence-electron chi connectivity index (χ0n) is 11.5. The van der Waals surface area contributed by atoms with Crippen LogP contribution < -0.4 is 5.32 Å². The summed E-state index contributed by atoms with van der Waals surface area (Å²) in [6.45, 7) is 11.5. The van der Waals surface area contributed by atoms with Crippen LogP contribution >= 0.6 is 22.7 Å². The fraction of sp³-hybridized carbons (Fsp3) is 0.538. The zero-order chi connectivity index (χ0) is 13.3. The molecule has 0 radical (unpaired) electrons. The van der Waals surface area contributed by atoms with Crippen molar-refractivity contribution in [3.63, 3.8) is 0 Å². The number of hydrogen-bond donors (Lipinski definition) is 1. The molecule has 2 aromatic heterocycles. The van der Waals surface area contributed by atoms with E-state index in [0.29, 0.717) is 0 Å². The Bertz CT molecular complexity index is 515. The highest BCUT2D eigenvalue weighted by Crippen LogP contribution is 2.32. The molecular formula is C13H19N3S2. The monoisotopic (exact) mass is 281 g/mol. The highest BCUT2D eigenvalue weighted by atomic mass is 32.1. The first kappa shape index (κ1) is 13.6. The molecule has 2 aromatic rings. The summed E-state index contributed by atoms with van der Waals surface area (Å²) < 4.78 is 0. The Balaban J connectivity index is 2.11. The maximum absolute atomic E-state index is 4.28. The highest BCUT2D eigenvalue weighted by Gasteiger charge is 2.13. The molecular weight excluding hydrogens is 262 g/mol. The maximum atomic E-state index is 4.28. The molecule has 0 spiro atoms. The van der Waals surface area contributed by atoms with E-state index in [1.165, 1.54) is 15.3 Å². The van der Waals surface area contributed by atoms with E-state index in [1.807, 2.05) is 0 Å². The molecule has 1 N–H and O–H groups in total. The first-order valence-corrected chi connectivity index (χ1v) is 7.63. The lowest BCUT2D eigenvalue weighted by atomic mass is 10.1. The molecule has 3 nitrogen and oxygen atoms in total. The van der Waals surface area contributed by atoms with Crippen molar-refractivity contribution in [2.45, 2.75) is 46.7 Å². The third-order valence-corrected chi connectivity index (χ3v) is 4.86. The van der Waals surface area contributed by atoms with Gasteiger partial charge in [0.15, 0.2) is 5.01 Å². The molecule has 0 aliphatic heterocycles. The number of nitrogens with zero attached hydrogens (tertiary/aromatic N) is 2. The Hall–Kier alpha value is -0.780. The molecule has 0 saturated carbocycles. The Kier molecular flexibility index (Phi) is 3.84. The molecule has 2 rings (SSSR count). The van der Waals surface area contributed by atoms with Gasteiger partial charge in [-0.3, -0.25) is 0 Å². The van der Waals surface area contributed by atoms with Gasteiger partial charge in [0, 0.05) is 10.4 Å². The summed E-state index contributed by atoms with van der Waals surface area (Å²) in [6.07, 6.45) is 0. The molecule has 5 heteroatoms. The Morgan fingerprint density at radius 3 is 2.44 bits per heavy atom. The molecule has 0 aromatic carbocycles. The van der Waals surface area contributed by atoms with Gasteiger partial charge in [-0.05, 0) is 46.2 Å². The van der Waals surface area contributed by atoms with Gasteiger partial charge in [0.05, 0.1) is 11.4 Å². The van der Waals surface area contributed by atoms with Crippen LogP contribution in [-0.2, 0) is 6.54 Å². The minimum atomic E-state index is 0.113. The zero-order valence-corrected chi connectivity index (χ0v) is 13.1. The minimum absolute atomic E-state index is 0.113. The Morgan fingerprint density at radius 2 is 1.89 bits per heavy atom. The second-order valence-electron chi connectivity index (χ2n) is 5.45. The normalized spacial score (nSPS) is 12.1. The van der Waals surface area contributed by atoms with E-state index >= 15 is 0 Å². The minimum Gasteiger partial charge on any atom is -0.306 e. The van der Waals surface area contributed by atoms with Crippen molar-refractivity contribution in [3.8, 4) is 9.88 Å². The van der Waals surface area contributed by atoms with Gasteiger partial charge in [-0.25, -0.2) is 0 Å². The van der Waals surface area contributed by atoms with Crippen molar-refractivity contribution in [3.05, 3.63) is 21.5 Å². The second kappa shape index (κ2) is 5.07. The summed E-state index contributed by atoms with van der Waals surface area (Å²) in [5, 5.41) is 14.0. The Labute approximate surface area is 116 Å². The number of rotatable bonds is 3. The molecule has 0 unspecified atom stereocenters. The number of thiophene rings is 1. The van der Waals surface area contributed by atoms with Gasteiger partial charge in [-0.15, -0.1) is 21.5 Å². The van der Waals surface area contributed by atoms with E-state index in [0.717, 1.165) is 16.6 Å². The van der Waals surface area contributed by atoms with Crippen molar-refractivity contribution in [2.24, 2.45) is 0 Å². The van der Waals surface area contributed by atoms with Gasteiger partial charge < -0.3 is 5.32 Å². The second-order valence-corrected chi connectivity index (χ2v) is 7.77. The average Bonchev–Trinajstić information content (AvgIpc) is 2.83. The van der Waals surface area contributed by atoms with Gasteiger partial charge in [0.1, 0.15) is 5.01 Å². The van der Waals surface area contributed by atoms with Crippen LogP contribution in [0.4, 0.5) is 0 Å². The molecule has 0 amide bonds. The van der Waals surface area contributed by atoms with Crippen LogP contribution in [-0.4, -0.2) is 15.7 Å². The first-order chi connectivity index (χ1) is 8.35. The lowest BCUT2D eigenvalue weighted by molar-refractivity contribution is 0.423. The van der Waals surface area contributed by atoms with Crippen molar-refractivity contribution >= 4 is 22.7 Å². The largest absolute Gasteiger partial charge is 0.306 e. The third kappa shape index (κ3) is 3.37. The predicted molar refractivity (Wildman–Crippen MR) is 79.3 cm³/mol. The molecule has 0 bridgehead atoms. The van der Waals surface area contributed by atoms with Crippen molar-refractivity contribution in [1.29, 1.82) is 0 Å². The van der Waals surface area contributed by atoms with Crippen LogP contribution in [0, 0.1) is 13.8 Å². The smallest absolute Gasteiger partial charge is 0.157 e. The molecule has 0 saturated heterocycles. The first-order valence-electron chi connectivity index (χ1n) is 6.00.